The van der Waals surface area contributed by atoms with Crippen molar-refractivity contribution in [2.75, 3.05) is 13.6 Å². The molecule has 6 nitrogen and oxygen atoms in total. The van der Waals surface area contributed by atoms with E-state index in [0.29, 0.717) is 25.9 Å². The number of carbonyl (C=O) groups is 2. The molecule has 0 radical (unpaired) electrons. The van der Waals surface area contributed by atoms with Crippen LogP contribution in [0.2, 0.25) is 0 Å². The molecule has 35 heavy (non-hydrogen) atoms. The molecule has 2 N–H and O–H groups in total. The van der Waals surface area contributed by atoms with Crippen molar-refractivity contribution in [3.05, 3.63) is 108 Å². The fourth-order valence-electron chi connectivity index (χ4n) is 4.27. The van der Waals surface area contributed by atoms with Crippen LogP contribution in [0.4, 0.5) is 0 Å². The Balaban J connectivity index is 1.83. The lowest BCUT2D eigenvalue weighted by Crippen LogP contribution is -2.57. The van der Waals surface area contributed by atoms with Gasteiger partial charge in [0.1, 0.15) is 6.04 Å². The number of nitrogens with zero attached hydrogens (tertiary/aromatic N) is 2. The van der Waals surface area contributed by atoms with Crippen molar-refractivity contribution in [3.8, 4) is 0 Å². The van der Waals surface area contributed by atoms with Gasteiger partial charge in [-0.3, -0.25) is 15.0 Å². The molecule has 0 fully saturated rings. The number of benzene rings is 3. The minimum atomic E-state index is -0.874. The first kappa shape index (κ1) is 26.1. The summed E-state index contributed by atoms with van der Waals surface area (Å²) >= 11 is 0. The predicted octanol–water partition coefficient (Wildman–Crippen LogP) is 4.17. The number of amides is 1. The third-order valence-electron chi connectivity index (χ3n) is 6.01. The summed E-state index contributed by atoms with van der Waals surface area (Å²) in [5, 5.41) is 11.5. The third kappa shape index (κ3) is 8.35. The molecule has 2 atom stereocenters. The van der Waals surface area contributed by atoms with E-state index in [1.54, 1.807) is 4.90 Å². The lowest BCUT2D eigenvalue weighted by Gasteiger charge is -2.36. The van der Waals surface area contributed by atoms with Gasteiger partial charge in [0.15, 0.2) is 0 Å². The smallest absolute Gasteiger partial charge is 0.304 e. The van der Waals surface area contributed by atoms with Gasteiger partial charge in [0.25, 0.3) is 0 Å². The monoisotopic (exact) mass is 473 g/mol. The zero-order chi connectivity index (χ0) is 25.0. The number of carbonyl (C=O) groups excluding carboxylic acids is 1. The Kier molecular flexibility index (Phi) is 10.0. The van der Waals surface area contributed by atoms with Crippen LogP contribution in [0.1, 0.15) is 30.0 Å². The Morgan fingerprint density at radius 3 is 1.77 bits per heavy atom. The lowest BCUT2D eigenvalue weighted by atomic mass is 10.0. The normalized spacial score (nSPS) is 12.8. The molecule has 3 rings (SSSR count). The quantitative estimate of drug-likeness (QED) is 0.365. The number of hydrogen-bond acceptors (Lipinski definition) is 4. The maximum atomic E-state index is 13.7. The first-order valence-corrected chi connectivity index (χ1v) is 12.1. The van der Waals surface area contributed by atoms with Gasteiger partial charge in [0, 0.05) is 26.2 Å². The Labute approximate surface area is 208 Å². The SMILES string of the molecule is CCN(N[C@H](CC(=O)O)Cc1ccccc1)C(Cc1ccccc1)C(=O)N(C)Cc1ccccc1. The molecule has 3 aromatic carbocycles. The number of carboxylic acid groups (broad SMARTS) is 1. The number of likely N-dealkylation sites (N-methyl/N-ethyl adjacent to an activating group) is 2. The topological polar surface area (TPSA) is 72.9 Å². The van der Waals surface area contributed by atoms with Crippen LogP contribution in [0.25, 0.3) is 0 Å². The number of hydrazine groups is 1. The minimum absolute atomic E-state index is 0.0131. The van der Waals surface area contributed by atoms with Crippen LogP contribution in [0, 0.1) is 0 Å². The molecule has 0 saturated heterocycles. The maximum absolute atomic E-state index is 13.7. The van der Waals surface area contributed by atoms with E-state index < -0.39 is 12.0 Å². The van der Waals surface area contributed by atoms with Crippen molar-refractivity contribution >= 4 is 11.9 Å². The minimum Gasteiger partial charge on any atom is -0.481 e. The van der Waals surface area contributed by atoms with E-state index in [-0.39, 0.29) is 18.4 Å². The summed E-state index contributed by atoms with van der Waals surface area (Å²) in [6.45, 7) is 3.04. The van der Waals surface area contributed by atoms with Crippen LogP contribution in [-0.4, -0.2) is 52.6 Å². The van der Waals surface area contributed by atoms with Gasteiger partial charge in [0.2, 0.25) is 5.91 Å². The molecule has 0 aliphatic rings. The van der Waals surface area contributed by atoms with Crippen molar-refractivity contribution in [3.63, 3.8) is 0 Å². The summed E-state index contributed by atoms with van der Waals surface area (Å²) in [5.74, 6) is -0.887. The molecule has 0 aliphatic heterocycles. The number of rotatable bonds is 13. The first-order chi connectivity index (χ1) is 17.0. The molecule has 0 heterocycles. The van der Waals surface area contributed by atoms with E-state index in [9.17, 15) is 14.7 Å². The number of carboxylic acids is 1. The highest BCUT2D eigenvalue weighted by Gasteiger charge is 2.30. The van der Waals surface area contributed by atoms with Crippen LogP contribution >= 0.6 is 0 Å². The van der Waals surface area contributed by atoms with E-state index >= 15 is 0 Å². The van der Waals surface area contributed by atoms with Crippen molar-refractivity contribution in [1.82, 2.24) is 15.3 Å². The molecule has 0 spiro atoms. The number of hydrogen-bond donors (Lipinski definition) is 2. The Morgan fingerprint density at radius 1 is 0.800 bits per heavy atom. The Bertz CT molecular complexity index is 1040. The molecule has 0 aromatic heterocycles. The average molecular weight is 474 g/mol. The summed E-state index contributed by atoms with van der Waals surface area (Å²) in [7, 11) is 1.82. The van der Waals surface area contributed by atoms with Gasteiger partial charge < -0.3 is 10.0 Å². The molecule has 6 heteroatoms. The fourth-order valence-corrected chi connectivity index (χ4v) is 4.27. The summed E-state index contributed by atoms with van der Waals surface area (Å²) in [5.41, 5.74) is 6.57. The second-order valence-corrected chi connectivity index (χ2v) is 8.79. The number of aliphatic carboxylic acids is 1. The van der Waals surface area contributed by atoms with Crippen LogP contribution in [-0.2, 0) is 29.0 Å². The zero-order valence-corrected chi connectivity index (χ0v) is 20.5. The first-order valence-electron chi connectivity index (χ1n) is 12.1. The standard InChI is InChI=1S/C29H35N3O3/c1-3-32(30-26(21-28(33)34)19-23-13-7-4-8-14-23)27(20-24-15-9-5-10-16-24)29(35)31(2)22-25-17-11-6-12-18-25/h4-18,26-27,30H,3,19-22H2,1-2H3,(H,33,34)/t26-,27?/m0/s1. The van der Waals surface area contributed by atoms with Crippen LogP contribution in [0.15, 0.2) is 91.0 Å². The van der Waals surface area contributed by atoms with E-state index in [1.165, 1.54) is 0 Å². The van der Waals surface area contributed by atoms with Crippen molar-refractivity contribution in [2.24, 2.45) is 0 Å². The summed E-state index contributed by atoms with van der Waals surface area (Å²) < 4.78 is 0. The van der Waals surface area contributed by atoms with E-state index in [0.717, 1.165) is 16.7 Å². The van der Waals surface area contributed by atoms with Crippen molar-refractivity contribution < 1.29 is 14.7 Å². The molecule has 1 amide bonds. The third-order valence-corrected chi connectivity index (χ3v) is 6.01. The highest BCUT2D eigenvalue weighted by atomic mass is 16.4. The van der Waals surface area contributed by atoms with Crippen LogP contribution < -0.4 is 5.43 Å². The van der Waals surface area contributed by atoms with Gasteiger partial charge in [-0.25, -0.2) is 5.01 Å². The maximum Gasteiger partial charge on any atom is 0.304 e. The van der Waals surface area contributed by atoms with Gasteiger partial charge >= 0.3 is 5.97 Å². The van der Waals surface area contributed by atoms with Crippen molar-refractivity contribution in [1.29, 1.82) is 0 Å². The van der Waals surface area contributed by atoms with Crippen LogP contribution in [0.5, 0.6) is 0 Å². The molecular weight excluding hydrogens is 438 g/mol. The molecule has 0 bridgehead atoms. The second kappa shape index (κ2) is 13.4. The van der Waals surface area contributed by atoms with Crippen molar-refractivity contribution in [2.45, 2.75) is 44.8 Å². The summed E-state index contributed by atoms with van der Waals surface area (Å²) in [4.78, 5) is 27.1. The Morgan fingerprint density at radius 2 is 1.29 bits per heavy atom. The second-order valence-electron chi connectivity index (χ2n) is 8.79. The van der Waals surface area contributed by atoms with Gasteiger partial charge in [-0.15, -0.1) is 0 Å². The molecule has 1 unspecified atom stereocenters. The summed E-state index contributed by atoms with van der Waals surface area (Å²) in [6.07, 6.45) is 1.03. The van der Waals surface area contributed by atoms with E-state index in [4.69, 9.17) is 0 Å². The van der Waals surface area contributed by atoms with Gasteiger partial charge in [-0.05, 0) is 29.5 Å². The number of nitrogens with one attached hydrogen (secondary N) is 1. The largest absolute Gasteiger partial charge is 0.481 e. The molecule has 0 aliphatic carbocycles. The molecule has 0 saturated carbocycles. The summed E-state index contributed by atoms with van der Waals surface area (Å²) in [6, 6.07) is 28.8. The Hall–Kier alpha value is -3.48. The lowest BCUT2D eigenvalue weighted by molar-refractivity contribution is -0.139. The van der Waals surface area contributed by atoms with E-state index in [1.807, 2.05) is 110 Å². The van der Waals surface area contributed by atoms with Gasteiger partial charge in [-0.1, -0.05) is 97.9 Å². The predicted molar refractivity (Wildman–Crippen MR) is 139 cm³/mol. The van der Waals surface area contributed by atoms with E-state index in [2.05, 4.69) is 5.43 Å². The van der Waals surface area contributed by atoms with Crippen LogP contribution in [0.3, 0.4) is 0 Å². The highest BCUT2D eigenvalue weighted by Crippen LogP contribution is 2.15. The van der Waals surface area contributed by atoms with Gasteiger partial charge in [0.05, 0.1) is 6.42 Å². The fraction of sp³-hybridized carbons (Fsp3) is 0.310. The molecule has 184 valence electrons. The average Bonchev–Trinajstić information content (AvgIpc) is 2.87. The highest BCUT2D eigenvalue weighted by molar-refractivity contribution is 5.82. The molecule has 3 aromatic rings. The zero-order valence-electron chi connectivity index (χ0n) is 20.5. The van der Waals surface area contributed by atoms with Gasteiger partial charge in [-0.2, -0.15) is 0 Å². The molecular formula is C29H35N3O3.